The van der Waals surface area contributed by atoms with E-state index in [4.69, 9.17) is 66.0 Å². The van der Waals surface area contributed by atoms with Crippen molar-refractivity contribution in [1.29, 1.82) is 0 Å². The van der Waals surface area contributed by atoms with E-state index in [0.29, 0.717) is 0 Å². The van der Waals surface area contributed by atoms with Crippen molar-refractivity contribution in [3.63, 3.8) is 0 Å². The maximum absolute atomic E-state index is 13.4. The second-order valence-electron chi connectivity index (χ2n) is 14.8. The highest BCUT2D eigenvalue weighted by atomic mass is 16.8. The number of methoxy groups -OCH3 is 2. The van der Waals surface area contributed by atoms with Gasteiger partial charge in [0.2, 0.25) is 18.1 Å². The van der Waals surface area contributed by atoms with Crippen molar-refractivity contribution >= 4 is 52.8 Å². The number of carbonyl (C=O) groups is 7. The minimum Gasteiger partial charge on any atom is -0.507 e. The summed E-state index contributed by atoms with van der Waals surface area (Å²) >= 11 is 0. The summed E-state index contributed by atoms with van der Waals surface area (Å²) in [6.07, 6.45) is -17.4. The van der Waals surface area contributed by atoms with Crippen LogP contribution in [0.25, 0.3) is 22.3 Å². The van der Waals surface area contributed by atoms with Crippen LogP contribution in [0.15, 0.2) is 39.5 Å². The molecule has 2 aliphatic rings. The Morgan fingerprint density at radius 3 is 1.49 bits per heavy atom. The first-order valence-corrected chi connectivity index (χ1v) is 20.1. The van der Waals surface area contributed by atoms with Crippen LogP contribution in [0, 0.1) is 0 Å². The molecule has 0 radical (unpaired) electrons. The smallest absolute Gasteiger partial charge is 0.303 e. The fraction of sp³-hybridized carbons (Fsp3) is 0.488. The number of fused-ring (bicyclic) bond motifs is 1. The molecule has 24 nitrogen and oxygen atoms in total. The average Bonchev–Trinajstić information content (AvgIpc) is 3.22. The Labute approximate surface area is 380 Å². The molecule has 0 unspecified atom stereocenters. The molecular formula is C43H48O24. The highest BCUT2D eigenvalue weighted by molar-refractivity contribution is 5.86. The van der Waals surface area contributed by atoms with Gasteiger partial charge in [0.15, 0.2) is 47.6 Å². The summed E-state index contributed by atoms with van der Waals surface area (Å²) in [6.45, 7) is 5.76. The van der Waals surface area contributed by atoms with E-state index >= 15 is 0 Å². The first kappa shape index (κ1) is 50.8. The second-order valence-corrected chi connectivity index (χ2v) is 14.8. The Balaban J connectivity index is 1.62. The molecule has 10 atom stereocenters. The molecule has 24 heteroatoms. The predicted octanol–water partition coefficient (Wildman–Crippen LogP) is 1.89. The van der Waals surface area contributed by atoms with Gasteiger partial charge in [-0.1, -0.05) is 0 Å². The van der Waals surface area contributed by atoms with Gasteiger partial charge < -0.3 is 76.2 Å². The van der Waals surface area contributed by atoms with Crippen LogP contribution < -0.4 is 19.6 Å². The number of phenolic OH excluding ortho intramolecular Hbond substituents is 2. The molecule has 2 fully saturated rings. The van der Waals surface area contributed by atoms with E-state index in [0.717, 1.165) is 60.6 Å². The lowest BCUT2D eigenvalue weighted by Gasteiger charge is -2.48. The van der Waals surface area contributed by atoms with Crippen LogP contribution in [0.1, 0.15) is 48.5 Å². The van der Waals surface area contributed by atoms with Crippen LogP contribution in [-0.4, -0.2) is 141 Å². The topological polar surface area (TPSA) is 310 Å². The van der Waals surface area contributed by atoms with Gasteiger partial charge in [-0.2, -0.15) is 0 Å². The fourth-order valence-electron chi connectivity index (χ4n) is 7.19. The van der Waals surface area contributed by atoms with Gasteiger partial charge in [-0.25, -0.2) is 0 Å². The zero-order valence-corrected chi connectivity index (χ0v) is 37.5. The number of ether oxygens (including phenoxy) is 13. The van der Waals surface area contributed by atoms with Gasteiger partial charge in [-0.05, 0) is 12.1 Å². The van der Waals surface area contributed by atoms with Gasteiger partial charge in [0, 0.05) is 72.2 Å². The lowest BCUT2D eigenvalue weighted by atomic mass is 9.96. The van der Waals surface area contributed by atoms with Crippen molar-refractivity contribution in [2.45, 2.75) is 110 Å². The van der Waals surface area contributed by atoms with Crippen LogP contribution in [0.3, 0.4) is 0 Å². The van der Waals surface area contributed by atoms with Gasteiger partial charge in [-0.3, -0.25) is 38.4 Å². The zero-order chi connectivity index (χ0) is 49.4. The number of hydrogen-bond acceptors (Lipinski definition) is 24. The van der Waals surface area contributed by atoms with Crippen molar-refractivity contribution in [3.8, 4) is 40.1 Å². The maximum atomic E-state index is 13.4. The molecule has 0 spiro atoms. The van der Waals surface area contributed by atoms with E-state index in [2.05, 4.69) is 0 Å². The lowest BCUT2D eigenvalue weighted by Crippen LogP contribution is -2.67. The monoisotopic (exact) mass is 948 g/mol. The van der Waals surface area contributed by atoms with E-state index in [1.807, 2.05) is 0 Å². The predicted molar refractivity (Wildman–Crippen MR) is 218 cm³/mol. The number of aromatic hydroxyl groups is 2. The lowest BCUT2D eigenvalue weighted by molar-refractivity contribution is -0.354. The molecule has 364 valence electrons. The SMILES string of the molecule is COc1cc(-c2cc(=O)c3c(O)cc(O[C@@H]4O[C@H](COC(C)=O)[C@@H](O[C@@H]5O[C@H](COC(C)=O)[C@H](OC(C)=O)[C@H](OC(C)=O)[C@H]5OC(C)=O)[C@H](OC(C)=O)[C@H]4OC(C)=O)cc3o2)cc(OC)c1O. The van der Waals surface area contributed by atoms with E-state index in [9.17, 15) is 48.6 Å². The van der Waals surface area contributed by atoms with Crippen LogP contribution >= 0.6 is 0 Å². The van der Waals surface area contributed by atoms with Crippen molar-refractivity contribution in [3.05, 3.63) is 40.6 Å². The van der Waals surface area contributed by atoms with E-state index in [1.165, 1.54) is 32.4 Å². The van der Waals surface area contributed by atoms with Gasteiger partial charge in [0.05, 0.1) is 14.2 Å². The molecule has 3 aromatic rings. The number of rotatable bonds is 16. The van der Waals surface area contributed by atoms with Crippen molar-refractivity contribution in [2.75, 3.05) is 27.4 Å². The largest absolute Gasteiger partial charge is 0.507 e. The minimum atomic E-state index is -1.93. The minimum absolute atomic E-state index is 0.0231. The van der Waals surface area contributed by atoms with E-state index in [-0.39, 0.29) is 45.3 Å². The van der Waals surface area contributed by atoms with Crippen LogP contribution in [0.2, 0.25) is 0 Å². The summed E-state index contributed by atoms with van der Waals surface area (Å²) < 4.78 is 79.5. The third-order valence-electron chi connectivity index (χ3n) is 9.69. The maximum Gasteiger partial charge on any atom is 0.303 e. The van der Waals surface area contributed by atoms with E-state index < -0.39 is 128 Å². The molecule has 3 heterocycles. The second kappa shape index (κ2) is 21.9. The summed E-state index contributed by atoms with van der Waals surface area (Å²) in [7, 11) is 2.58. The molecule has 5 rings (SSSR count). The number of hydrogen-bond donors (Lipinski definition) is 2. The molecular weight excluding hydrogens is 900 g/mol. The summed E-state index contributed by atoms with van der Waals surface area (Å²) in [4.78, 5) is 101. The molecule has 0 aliphatic carbocycles. The highest BCUT2D eigenvalue weighted by Crippen LogP contribution is 2.42. The van der Waals surface area contributed by atoms with Crippen molar-refractivity contribution in [2.24, 2.45) is 0 Å². The number of carbonyl (C=O) groups excluding carboxylic acids is 7. The van der Waals surface area contributed by atoms with Gasteiger partial charge in [0.25, 0.3) is 0 Å². The Hall–Kier alpha value is -7.18. The number of esters is 7. The van der Waals surface area contributed by atoms with Crippen LogP contribution in [0.4, 0.5) is 0 Å². The van der Waals surface area contributed by atoms with E-state index in [1.54, 1.807) is 0 Å². The Kier molecular flexibility index (Phi) is 16.6. The standard InChI is InChI=1S/C43H48O24/c1-17(44)56-15-32-36(58-19(3)46)38(59-20(4)47)41(62-23(7)50)43(66-32)67-37-33(16-57-18(2)45)65-42(40(61-22(6)49)39(37)60-21(5)48)63-25-12-26(51)34-27(52)14-28(64-29(34)13-25)24-10-30(54-8)35(53)31(11-24)55-9/h10-14,32-33,36-43,51,53H,15-16H2,1-9H3/t32-,33-,36+,37-,38+,39+,40-,41-,42-,43+/m1/s1. The van der Waals surface area contributed by atoms with Crippen LogP contribution in [-0.2, 0) is 80.9 Å². The molecule has 2 saturated heterocycles. The number of benzene rings is 2. The normalized spacial score (nSPS) is 24.6. The van der Waals surface area contributed by atoms with Crippen LogP contribution in [0.5, 0.6) is 28.7 Å². The van der Waals surface area contributed by atoms with Gasteiger partial charge in [0.1, 0.15) is 59.8 Å². The molecule has 67 heavy (non-hydrogen) atoms. The quantitative estimate of drug-likeness (QED) is 0.153. The fourth-order valence-corrected chi connectivity index (χ4v) is 7.19. The van der Waals surface area contributed by atoms with Crippen molar-refractivity contribution in [1.82, 2.24) is 0 Å². The summed E-state index contributed by atoms with van der Waals surface area (Å²) in [5.74, 6) is -7.86. The summed E-state index contributed by atoms with van der Waals surface area (Å²) in [5.41, 5.74) is -0.750. The highest BCUT2D eigenvalue weighted by Gasteiger charge is 2.58. The number of phenols is 2. The third kappa shape index (κ3) is 12.6. The molecule has 0 saturated carbocycles. The molecule has 2 aromatic carbocycles. The first-order valence-electron chi connectivity index (χ1n) is 20.1. The third-order valence-corrected chi connectivity index (χ3v) is 9.69. The van der Waals surface area contributed by atoms with Gasteiger partial charge >= 0.3 is 41.8 Å². The molecule has 2 N–H and O–H groups in total. The van der Waals surface area contributed by atoms with Crippen molar-refractivity contribution < 1.29 is 110 Å². The van der Waals surface area contributed by atoms with Gasteiger partial charge in [-0.15, -0.1) is 0 Å². The molecule has 2 aliphatic heterocycles. The molecule has 0 amide bonds. The molecule has 1 aromatic heterocycles. The Morgan fingerprint density at radius 2 is 1.00 bits per heavy atom. The Bertz CT molecular complexity index is 2400. The summed E-state index contributed by atoms with van der Waals surface area (Å²) in [5, 5.41) is 21.3. The average molecular weight is 949 g/mol. The summed E-state index contributed by atoms with van der Waals surface area (Å²) in [6, 6.07) is 5.97. The first-order chi connectivity index (χ1) is 31.6. The zero-order valence-electron chi connectivity index (χ0n) is 37.5. The molecule has 0 bridgehead atoms. The Morgan fingerprint density at radius 1 is 0.552 bits per heavy atom.